The molecule has 1 heterocycles. The summed E-state index contributed by atoms with van der Waals surface area (Å²) < 4.78 is 5.22. The normalized spacial score (nSPS) is 15.8. The molecule has 1 aliphatic rings. The fourth-order valence-electron chi connectivity index (χ4n) is 2.73. The average molecular weight is 291 g/mol. The van der Waals surface area contributed by atoms with Crippen molar-refractivity contribution in [2.75, 3.05) is 25.9 Å². The van der Waals surface area contributed by atoms with Crippen LogP contribution in [-0.2, 0) is 4.79 Å². The number of ether oxygens (including phenoxy) is 1. The molecule has 1 aromatic rings. The minimum Gasteiger partial charge on any atom is -0.496 e. The van der Waals surface area contributed by atoms with Crippen molar-refractivity contribution in [3.8, 4) is 5.75 Å². The molecule has 4 N–H and O–H groups in total. The highest BCUT2D eigenvalue weighted by Gasteiger charge is 2.27. The van der Waals surface area contributed by atoms with E-state index in [-0.39, 0.29) is 17.7 Å². The first-order chi connectivity index (χ1) is 10.0. The number of nitrogen functional groups attached to an aromatic ring is 1. The lowest BCUT2D eigenvalue weighted by Gasteiger charge is -2.32. The quantitative estimate of drug-likeness (QED) is 0.809. The van der Waals surface area contributed by atoms with Crippen LogP contribution in [0.4, 0.5) is 5.69 Å². The summed E-state index contributed by atoms with van der Waals surface area (Å²) in [6.45, 7) is 1.21. The van der Waals surface area contributed by atoms with E-state index >= 15 is 0 Å². The molecule has 0 bridgehead atoms. The van der Waals surface area contributed by atoms with E-state index in [9.17, 15) is 9.59 Å². The van der Waals surface area contributed by atoms with Gasteiger partial charge < -0.3 is 21.1 Å². The summed E-state index contributed by atoms with van der Waals surface area (Å²) in [5.74, 6) is 0.344. The van der Waals surface area contributed by atoms with Crippen molar-refractivity contribution in [2.24, 2.45) is 11.7 Å². The topological polar surface area (TPSA) is 98.7 Å². The zero-order chi connectivity index (χ0) is 15.4. The van der Waals surface area contributed by atoms with Crippen molar-refractivity contribution < 1.29 is 14.3 Å². The van der Waals surface area contributed by atoms with Gasteiger partial charge in [-0.3, -0.25) is 9.59 Å². The molecular weight excluding hydrogens is 270 g/mol. The molecule has 6 nitrogen and oxygen atoms in total. The second kappa shape index (κ2) is 6.47. The van der Waals surface area contributed by atoms with E-state index in [1.807, 2.05) is 0 Å². The lowest BCUT2D eigenvalue weighted by atomic mass is 9.93. The van der Waals surface area contributed by atoms with Crippen molar-refractivity contribution in [1.29, 1.82) is 0 Å². The van der Waals surface area contributed by atoms with Crippen LogP contribution in [0.3, 0.4) is 0 Å². The number of primary amides is 1. The molecule has 1 saturated heterocycles. The minimum absolute atomic E-state index is 0.123. The van der Waals surface area contributed by atoms with Crippen LogP contribution < -0.4 is 16.2 Å². The Morgan fingerprint density at radius 3 is 2.57 bits per heavy atom. The number of rotatable bonds is 4. The van der Waals surface area contributed by atoms with Crippen LogP contribution in [-0.4, -0.2) is 36.9 Å². The molecule has 0 saturated carbocycles. The number of likely N-dealkylation sites (tertiary alicyclic amines) is 1. The van der Waals surface area contributed by atoms with Crippen molar-refractivity contribution in [3.63, 3.8) is 0 Å². The van der Waals surface area contributed by atoms with Crippen LogP contribution in [0.5, 0.6) is 5.75 Å². The molecule has 0 spiro atoms. The SMILES string of the molecule is COc1cccc(N)c1C(=O)N1CCC(CC(N)=O)CC1. The van der Waals surface area contributed by atoms with Crippen LogP contribution in [0.25, 0.3) is 0 Å². The standard InChI is InChI=1S/C15H21N3O3/c1-21-12-4-2-3-11(16)14(12)15(20)18-7-5-10(6-8-18)9-13(17)19/h2-4,10H,5-9,16H2,1H3,(H2,17,19). The molecule has 2 rings (SSSR count). The maximum atomic E-state index is 12.6. The Balaban J connectivity index is 2.07. The summed E-state index contributed by atoms with van der Waals surface area (Å²) in [6, 6.07) is 5.17. The summed E-state index contributed by atoms with van der Waals surface area (Å²) in [7, 11) is 1.52. The Kier molecular flexibility index (Phi) is 4.67. The maximum Gasteiger partial charge on any atom is 0.259 e. The second-order valence-corrected chi connectivity index (χ2v) is 5.33. The summed E-state index contributed by atoms with van der Waals surface area (Å²) in [5, 5.41) is 0. The zero-order valence-corrected chi connectivity index (χ0v) is 12.2. The number of benzene rings is 1. The smallest absolute Gasteiger partial charge is 0.259 e. The van der Waals surface area contributed by atoms with Gasteiger partial charge in [-0.15, -0.1) is 0 Å². The average Bonchev–Trinajstić information content (AvgIpc) is 2.46. The molecule has 21 heavy (non-hydrogen) atoms. The minimum atomic E-state index is -0.284. The molecule has 0 atom stereocenters. The first kappa shape index (κ1) is 15.2. The highest BCUT2D eigenvalue weighted by molar-refractivity contribution is 6.01. The van der Waals surface area contributed by atoms with Crippen molar-refractivity contribution in [1.82, 2.24) is 4.90 Å². The first-order valence-electron chi connectivity index (χ1n) is 7.03. The number of anilines is 1. The number of hydrogen-bond donors (Lipinski definition) is 2. The van der Waals surface area contributed by atoms with Crippen LogP contribution in [0.2, 0.25) is 0 Å². The fraction of sp³-hybridized carbons (Fsp3) is 0.467. The Morgan fingerprint density at radius 2 is 2.00 bits per heavy atom. The van der Waals surface area contributed by atoms with Crippen molar-refractivity contribution >= 4 is 17.5 Å². The van der Waals surface area contributed by atoms with Gasteiger partial charge in [0, 0.05) is 25.2 Å². The molecule has 1 fully saturated rings. The largest absolute Gasteiger partial charge is 0.496 e. The molecule has 1 aliphatic heterocycles. The van der Waals surface area contributed by atoms with E-state index < -0.39 is 0 Å². The van der Waals surface area contributed by atoms with Crippen LogP contribution in [0.15, 0.2) is 18.2 Å². The molecule has 0 aromatic heterocycles. The number of methoxy groups -OCH3 is 1. The lowest BCUT2D eigenvalue weighted by molar-refractivity contribution is -0.119. The summed E-state index contributed by atoms with van der Waals surface area (Å²) in [4.78, 5) is 25.3. The number of amides is 2. The highest BCUT2D eigenvalue weighted by Crippen LogP contribution is 2.28. The number of piperidine rings is 1. The molecule has 6 heteroatoms. The van der Waals surface area contributed by atoms with Gasteiger partial charge in [-0.05, 0) is 30.9 Å². The summed E-state index contributed by atoms with van der Waals surface area (Å²) in [6.07, 6.45) is 1.95. The van der Waals surface area contributed by atoms with Gasteiger partial charge in [0.15, 0.2) is 0 Å². The van der Waals surface area contributed by atoms with Gasteiger partial charge >= 0.3 is 0 Å². The van der Waals surface area contributed by atoms with Gasteiger partial charge in [0.1, 0.15) is 11.3 Å². The number of carbonyl (C=O) groups excluding carboxylic acids is 2. The predicted octanol–water partition coefficient (Wildman–Crippen LogP) is 1.00. The third kappa shape index (κ3) is 3.45. The number of hydrogen-bond acceptors (Lipinski definition) is 4. The predicted molar refractivity (Wildman–Crippen MR) is 79.8 cm³/mol. The summed E-state index contributed by atoms with van der Waals surface area (Å²) in [5.41, 5.74) is 11.9. The van der Waals surface area contributed by atoms with Gasteiger partial charge in [0.25, 0.3) is 5.91 Å². The van der Waals surface area contributed by atoms with Crippen LogP contribution in [0, 0.1) is 5.92 Å². The van der Waals surface area contributed by atoms with Gasteiger partial charge in [-0.1, -0.05) is 6.07 Å². The van der Waals surface area contributed by atoms with Crippen molar-refractivity contribution in [2.45, 2.75) is 19.3 Å². The first-order valence-corrected chi connectivity index (χ1v) is 7.03. The van der Waals surface area contributed by atoms with E-state index in [1.54, 1.807) is 23.1 Å². The molecule has 0 unspecified atom stereocenters. The van der Waals surface area contributed by atoms with Gasteiger partial charge in [0.2, 0.25) is 5.91 Å². The summed E-state index contributed by atoms with van der Waals surface area (Å²) >= 11 is 0. The Bertz CT molecular complexity index is 537. The van der Waals surface area contributed by atoms with Gasteiger partial charge in [-0.25, -0.2) is 0 Å². The Hall–Kier alpha value is -2.24. The number of nitrogens with two attached hydrogens (primary N) is 2. The van der Waals surface area contributed by atoms with E-state index in [2.05, 4.69) is 0 Å². The fourth-order valence-corrected chi connectivity index (χ4v) is 2.73. The molecular formula is C15H21N3O3. The zero-order valence-electron chi connectivity index (χ0n) is 12.2. The lowest BCUT2D eigenvalue weighted by Crippen LogP contribution is -2.39. The molecule has 2 amide bonds. The van der Waals surface area contributed by atoms with Gasteiger partial charge in [0.05, 0.1) is 7.11 Å². The van der Waals surface area contributed by atoms with E-state index in [1.165, 1.54) is 7.11 Å². The number of nitrogens with zero attached hydrogens (tertiary/aromatic N) is 1. The van der Waals surface area contributed by atoms with Gasteiger partial charge in [-0.2, -0.15) is 0 Å². The third-order valence-corrected chi connectivity index (χ3v) is 3.88. The van der Waals surface area contributed by atoms with Crippen LogP contribution in [0.1, 0.15) is 29.6 Å². The second-order valence-electron chi connectivity index (χ2n) is 5.33. The Labute approximate surface area is 124 Å². The van der Waals surface area contributed by atoms with E-state index in [4.69, 9.17) is 16.2 Å². The molecule has 0 radical (unpaired) electrons. The van der Waals surface area contributed by atoms with Crippen molar-refractivity contribution in [3.05, 3.63) is 23.8 Å². The molecule has 1 aromatic carbocycles. The third-order valence-electron chi connectivity index (χ3n) is 3.88. The van der Waals surface area contributed by atoms with E-state index in [0.717, 1.165) is 12.8 Å². The maximum absolute atomic E-state index is 12.6. The van der Waals surface area contributed by atoms with Crippen LogP contribution >= 0.6 is 0 Å². The Morgan fingerprint density at radius 1 is 1.33 bits per heavy atom. The van der Waals surface area contributed by atoms with E-state index in [0.29, 0.717) is 36.5 Å². The highest BCUT2D eigenvalue weighted by atomic mass is 16.5. The number of carbonyl (C=O) groups is 2. The molecule has 0 aliphatic carbocycles. The monoisotopic (exact) mass is 291 g/mol. The molecule has 114 valence electrons.